The maximum absolute atomic E-state index is 12.6. The van der Waals surface area contributed by atoms with E-state index in [0.717, 1.165) is 40.9 Å². The molecule has 0 bridgehead atoms. The Bertz CT molecular complexity index is 803. The fourth-order valence-corrected chi connectivity index (χ4v) is 3.31. The van der Waals surface area contributed by atoms with Crippen molar-refractivity contribution in [3.05, 3.63) is 70.3 Å². The summed E-state index contributed by atoms with van der Waals surface area (Å²) < 4.78 is 0. The number of hydrogen-bond donors (Lipinski definition) is 0. The molecule has 0 aromatic heterocycles. The molecule has 2 aromatic rings. The summed E-state index contributed by atoms with van der Waals surface area (Å²) in [5.41, 5.74) is 4.82. The first-order chi connectivity index (χ1) is 12.4. The lowest BCUT2D eigenvalue weighted by Gasteiger charge is -2.34. The Balaban J connectivity index is 1.56. The van der Waals surface area contributed by atoms with Crippen LogP contribution in [0.15, 0.2) is 42.5 Å². The number of amides is 1. The number of carbonyl (C=O) groups is 2. The van der Waals surface area contributed by atoms with E-state index in [9.17, 15) is 9.59 Å². The molecule has 0 aliphatic carbocycles. The second-order valence-corrected chi connectivity index (χ2v) is 7.18. The van der Waals surface area contributed by atoms with Gasteiger partial charge in [0, 0.05) is 37.3 Å². The van der Waals surface area contributed by atoms with Crippen molar-refractivity contribution >= 4 is 11.7 Å². The third-order valence-corrected chi connectivity index (χ3v) is 5.02. The first kappa shape index (κ1) is 18.3. The number of hydrogen-bond acceptors (Lipinski definition) is 3. The number of piperazine rings is 1. The van der Waals surface area contributed by atoms with Gasteiger partial charge in [0.15, 0.2) is 5.78 Å². The van der Waals surface area contributed by atoms with Gasteiger partial charge in [0.2, 0.25) is 0 Å². The van der Waals surface area contributed by atoms with Gasteiger partial charge in [-0.1, -0.05) is 35.4 Å². The largest absolute Gasteiger partial charge is 0.336 e. The molecule has 4 heteroatoms. The zero-order chi connectivity index (χ0) is 18.7. The normalized spacial score (nSPS) is 15.1. The molecular formula is C22H26N2O2. The number of ketones is 1. The third-order valence-electron chi connectivity index (χ3n) is 5.02. The van der Waals surface area contributed by atoms with E-state index in [1.165, 1.54) is 0 Å². The Morgan fingerprint density at radius 2 is 1.46 bits per heavy atom. The highest BCUT2D eigenvalue weighted by Gasteiger charge is 2.24. The molecule has 0 radical (unpaired) electrons. The molecular weight excluding hydrogens is 324 g/mol. The molecule has 1 amide bonds. The molecule has 0 spiro atoms. The lowest BCUT2D eigenvalue weighted by molar-refractivity contribution is 0.0624. The summed E-state index contributed by atoms with van der Waals surface area (Å²) in [5.74, 6) is 0.231. The first-order valence-corrected chi connectivity index (χ1v) is 9.13. The highest BCUT2D eigenvalue weighted by molar-refractivity contribution is 5.99. The average molecular weight is 350 g/mol. The zero-order valence-corrected chi connectivity index (χ0v) is 15.8. The minimum absolute atomic E-state index is 0.0745. The fraction of sp³-hybridized carbons (Fsp3) is 0.364. The van der Waals surface area contributed by atoms with Crippen LogP contribution in [0.1, 0.15) is 37.4 Å². The maximum atomic E-state index is 12.6. The van der Waals surface area contributed by atoms with Crippen LogP contribution in [0.4, 0.5) is 0 Å². The van der Waals surface area contributed by atoms with Gasteiger partial charge in [0.05, 0.1) is 6.54 Å². The van der Waals surface area contributed by atoms with Gasteiger partial charge in [-0.3, -0.25) is 14.5 Å². The second kappa shape index (κ2) is 7.83. The molecule has 1 aliphatic rings. The molecule has 1 heterocycles. The van der Waals surface area contributed by atoms with Crippen molar-refractivity contribution in [3.8, 4) is 0 Å². The number of nitrogens with zero attached hydrogens (tertiary/aromatic N) is 2. The molecule has 2 aromatic carbocycles. The monoisotopic (exact) mass is 350 g/mol. The Morgan fingerprint density at radius 3 is 2.12 bits per heavy atom. The summed E-state index contributed by atoms with van der Waals surface area (Å²) in [7, 11) is 0. The van der Waals surface area contributed by atoms with Gasteiger partial charge < -0.3 is 4.90 Å². The van der Waals surface area contributed by atoms with Crippen LogP contribution in [0.3, 0.4) is 0 Å². The van der Waals surface area contributed by atoms with Gasteiger partial charge in [-0.25, -0.2) is 0 Å². The van der Waals surface area contributed by atoms with Crippen LogP contribution in [0.5, 0.6) is 0 Å². The van der Waals surface area contributed by atoms with Crippen molar-refractivity contribution < 1.29 is 9.59 Å². The molecule has 1 fully saturated rings. The Morgan fingerprint density at radius 1 is 0.846 bits per heavy atom. The lowest BCUT2D eigenvalue weighted by atomic mass is 10.0. The predicted molar refractivity (Wildman–Crippen MR) is 104 cm³/mol. The summed E-state index contributed by atoms with van der Waals surface area (Å²) in [6.07, 6.45) is 0. The van der Waals surface area contributed by atoms with Crippen molar-refractivity contribution in [1.82, 2.24) is 9.80 Å². The Kier molecular flexibility index (Phi) is 5.52. The number of Topliss-reactive ketones (excluding diaryl/α,β-unsaturated/α-hetero) is 1. The summed E-state index contributed by atoms with van der Waals surface area (Å²) >= 11 is 0. The highest BCUT2D eigenvalue weighted by Crippen LogP contribution is 2.14. The lowest BCUT2D eigenvalue weighted by Crippen LogP contribution is -2.49. The number of aryl methyl sites for hydroxylation is 3. The molecule has 136 valence electrons. The summed E-state index contributed by atoms with van der Waals surface area (Å²) in [6.45, 7) is 9.19. The van der Waals surface area contributed by atoms with E-state index in [0.29, 0.717) is 19.6 Å². The Labute approximate surface area is 155 Å². The van der Waals surface area contributed by atoms with Crippen LogP contribution in [0.25, 0.3) is 0 Å². The average Bonchev–Trinajstić information content (AvgIpc) is 2.64. The summed E-state index contributed by atoms with van der Waals surface area (Å²) in [5, 5.41) is 0. The zero-order valence-electron chi connectivity index (χ0n) is 15.8. The van der Waals surface area contributed by atoms with Crippen LogP contribution in [-0.4, -0.2) is 54.2 Å². The van der Waals surface area contributed by atoms with E-state index < -0.39 is 0 Å². The quantitative estimate of drug-likeness (QED) is 0.795. The minimum atomic E-state index is 0.0745. The first-order valence-electron chi connectivity index (χ1n) is 9.13. The van der Waals surface area contributed by atoms with Crippen LogP contribution >= 0.6 is 0 Å². The van der Waals surface area contributed by atoms with E-state index in [1.807, 2.05) is 68.1 Å². The van der Waals surface area contributed by atoms with Crippen LogP contribution in [-0.2, 0) is 0 Å². The molecule has 0 atom stereocenters. The number of benzene rings is 2. The van der Waals surface area contributed by atoms with Crippen molar-refractivity contribution in [3.63, 3.8) is 0 Å². The Hall–Kier alpha value is -2.46. The number of carbonyl (C=O) groups excluding carboxylic acids is 2. The second-order valence-electron chi connectivity index (χ2n) is 7.18. The molecule has 1 aliphatic heterocycles. The highest BCUT2D eigenvalue weighted by atomic mass is 16.2. The van der Waals surface area contributed by atoms with Gasteiger partial charge >= 0.3 is 0 Å². The SMILES string of the molecule is Cc1ccc(C(=O)N2CCN(CC(=O)c3cc(C)ccc3C)CC2)cc1. The summed E-state index contributed by atoms with van der Waals surface area (Å²) in [6, 6.07) is 13.7. The smallest absolute Gasteiger partial charge is 0.253 e. The summed E-state index contributed by atoms with van der Waals surface area (Å²) in [4.78, 5) is 29.2. The van der Waals surface area contributed by atoms with E-state index >= 15 is 0 Å². The van der Waals surface area contributed by atoms with Gasteiger partial charge in [0.1, 0.15) is 0 Å². The molecule has 0 unspecified atom stereocenters. The van der Waals surface area contributed by atoms with E-state index in [1.54, 1.807) is 0 Å². The fourth-order valence-electron chi connectivity index (χ4n) is 3.31. The van der Waals surface area contributed by atoms with Crippen LogP contribution in [0.2, 0.25) is 0 Å². The van der Waals surface area contributed by atoms with Crippen LogP contribution < -0.4 is 0 Å². The van der Waals surface area contributed by atoms with Gasteiger partial charge in [-0.2, -0.15) is 0 Å². The van der Waals surface area contributed by atoms with Crippen LogP contribution in [0, 0.1) is 20.8 Å². The maximum Gasteiger partial charge on any atom is 0.253 e. The molecule has 3 rings (SSSR count). The molecule has 4 nitrogen and oxygen atoms in total. The standard InChI is InChI=1S/C22H26N2O2/c1-16-5-8-19(9-6-16)22(26)24-12-10-23(11-13-24)15-21(25)20-14-17(2)4-7-18(20)3/h4-9,14H,10-13,15H2,1-3H3. The van der Waals surface area contributed by atoms with Gasteiger partial charge in [-0.05, 0) is 44.5 Å². The van der Waals surface area contributed by atoms with Crippen molar-refractivity contribution in [2.24, 2.45) is 0 Å². The topological polar surface area (TPSA) is 40.6 Å². The molecule has 26 heavy (non-hydrogen) atoms. The van der Waals surface area contributed by atoms with Crippen molar-refractivity contribution in [2.75, 3.05) is 32.7 Å². The van der Waals surface area contributed by atoms with Crippen molar-refractivity contribution in [2.45, 2.75) is 20.8 Å². The molecule has 1 saturated heterocycles. The van der Waals surface area contributed by atoms with Crippen molar-refractivity contribution in [1.29, 1.82) is 0 Å². The molecule has 0 N–H and O–H groups in total. The number of rotatable bonds is 4. The van der Waals surface area contributed by atoms with E-state index in [-0.39, 0.29) is 11.7 Å². The minimum Gasteiger partial charge on any atom is -0.336 e. The third kappa shape index (κ3) is 4.20. The van der Waals surface area contributed by atoms with E-state index in [4.69, 9.17) is 0 Å². The predicted octanol–water partition coefficient (Wildman–Crippen LogP) is 3.25. The molecule has 0 saturated carbocycles. The van der Waals surface area contributed by atoms with E-state index in [2.05, 4.69) is 4.90 Å². The van der Waals surface area contributed by atoms with Gasteiger partial charge in [-0.15, -0.1) is 0 Å². The van der Waals surface area contributed by atoms with Gasteiger partial charge in [0.25, 0.3) is 5.91 Å².